The van der Waals surface area contributed by atoms with Crippen molar-refractivity contribution in [3.8, 4) is 0 Å². The van der Waals surface area contributed by atoms with Crippen molar-refractivity contribution in [2.24, 2.45) is 5.10 Å². The summed E-state index contributed by atoms with van der Waals surface area (Å²) < 4.78 is 0. The van der Waals surface area contributed by atoms with Crippen LogP contribution in [0, 0.1) is 0 Å². The molecule has 0 spiro atoms. The number of benzene rings is 2. The molecule has 2 nitrogen and oxygen atoms in total. The SMILES string of the molecule is CC=CN1N=Cc2ccccc2C1c1ccc(CC)cc1. The molecule has 21 heavy (non-hydrogen) atoms. The molecule has 0 aromatic heterocycles. The Hall–Kier alpha value is -2.35. The molecule has 1 aliphatic heterocycles. The molecule has 0 saturated heterocycles. The van der Waals surface area contributed by atoms with Crippen molar-refractivity contribution in [1.29, 1.82) is 0 Å². The average molecular weight is 276 g/mol. The summed E-state index contributed by atoms with van der Waals surface area (Å²) in [5.74, 6) is 0. The Balaban J connectivity index is 2.08. The van der Waals surface area contributed by atoms with Gasteiger partial charge in [-0.05, 0) is 30.0 Å². The van der Waals surface area contributed by atoms with E-state index in [1.54, 1.807) is 0 Å². The van der Waals surface area contributed by atoms with Crippen LogP contribution in [0.15, 0.2) is 65.9 Å². The first-order valence-corrected chi connectivity index (χ1v) is 7.46. The summed E-state index contributed by atoms with van der Waals surface area (Å²) in [6.45, 7) is 4.20. The first-order valence-electron chi connectivity index (χ1n) is 7.46. The van der Waals surface area contributed by atoms with Crippen molar-refractivity contribution in [3.63, 3.8) is 0 Å². The van der Waals surface area contributed by atoms with Crippen LogP contribution in [0.2, 0.25) is 0 Å². The maximum atomic E-state index is 4.58. The molecule has 0 saturated carbocycles. The van der Waals surface area contributed by atoms with E-state index in [9.17, 15) is 0 Å². The van der Waals surface area contributed by atoms with Crippen LogP contribution in [-0.4, -0.2) is 11.2 Å². The van der Waals surface area contributed by atoms with Gasteiger partial charge < -0.3 is 0 Å². The van der Waals surface area contributed by atoms with Gasteiger partial charge in [-0.1, -0.05) is 61.5 Å². The first-order chi connectivity index (χ1) is 10.3. The van der Waals surface area contributed by atoms with Gasteiger partial charge in [0.1, 0.15) is 6.04 Å². The first kappa shape index (κ1) is 13.6. The van der Waals surface area contributed by atoms with Gasteiger partial charge in [-0.2, -0.15) is 5.10 Å². The van der Waals surface area contributed by atoms with Gasteiger partial charge in [0.2, 0.25) is 0 Å². The molecule has 2 aromatic rings. The zero-order valence-corrected chi connectivity index (χ0v) is 12.5. The maximum absolute atomic E-state index is 4.58. The molecule has 0 amide bonds. The molecule has 1 unspecified atom stereocenters. The summed E-state index contributed by atoms with van der Waals surface area (Å²) in [6, 6.07) is 17.5. The molecule has 2 heteroatoms. The lowest BCUT2D eigenvalue weighted by Crippen LogP contribution is -2.24. The van der Waals surface area contributed by atoms with Gasteiger partial charge in [0.05, 0.1) is 6.21 Å². The van der Waals surface area contributed by atoms with E-state index in [2.05, 4.69) is 60.6 Å². The van der Waals surface area contributed by atoms with Crippen LogP contribution in [0.3, 0.4) is 0 Å². The molecule has 1 atom stereocenters. The van der Waals surface area contributed by atoms with E-state index < -0.39 is 0 Å². The zero-order chi connectivity index (χ0) is 14.7. The third-order valence-corrected chi connectivity index (χ3v) is 3.89. The van der Waals surface area contributed by atoms with Crippen LogP contribution < -0.4 is 0 Å². The third-order valence-electron chi connectivity index (χ3n) is 3.89. The lowest BCUT2D eigenvalue weighted by atomic mass is 9.92. The highest BCUT2D eigenvalue weighted by Gasteiger charge is 2.24. The van der Waals surface area contributed by atoms with Gasteiger partial charge in [-0.25, -0.2) is 0 Å². The van der Waals surface area contributed by atoms with Crippen molar-refractivity contribution < 1.29 is 0 Å². The molecule has 106 valence electrons. The molecule has 0 bridgehead atoms. The molecule has 0 radical (unpaired) electrons. The van der Waals surface area contributed by atoms with Gasteiger partial charge in [-0.3, -0.25) is 5.01 Å². The summed E-state index contributed by atoms with van der Waals surface area (Å²) in [5, 5.41) is 6.61. The Labute approximate surface area is 126 Å². The minimum atomic E-state index is 0.147. The van der Waals surface area contributed by atoms with Gasteiger partial charge in [-0.15, -0.1) is 0 Å². The molecular formula is C19H20N2. The quantitative estimate of drug-likeness (QED) is 0.804. The van der Waals surface area contributed by atoms with E-state index in [4.69, 9.17) is 0 Å². The van der Waals surface area contributed by atoms with Crippen molar-refractivity contribution in [1.82, 2.24) is 5.01 Å². The molecule has 0 fully saturated rings. The maximum Gasteiger partial charge on any atom is 0.102 e. The van der Waals surface area contributed by atoms with E-state index >= 15 is 0 Å². The van der Waals surface area contributed by atoms with Gasteiger partial charge in [0.15, 0.2) is 0 Å². The molecular weight excluding hydrogens is 256 g/mol. The molecule has 2 aromatic carbocycles. The standard InChI is InChI=1S/C19H20N2/c1-3-13-21-19(16-11-9-15(4-2)10-12-16)18-8-6-5-7-17(18)14-20-21/h3,5-14,19H,4H2,1-2H3. The summed E-state index contributed by atoms with van der Waals surface area (Å²) in [6.07, 6.45) is 7.06. The second kappa shape index (κ2) is 5.96. The fraction of sp³-hybridized carbons (Fsp3) is 0.211. The van der Waals surface area contributed by atoms with E-state index in [0.717, 1.165) is 6.42 Å². The van der Waals surface area contributed by atoms with Crippen LogP contribution in [-0.2, 0) is 6.42 Å². The number of hydrogen-bond acceptors (Lipinski definition) is 2. The Kier molecular flexibility index (Phi) is 3.87. The van der Waals surface area contributed by atoms with E-state index in [1.165, 1.54) is 22.3 Å². The molecule has 1 aliphatic rings. The summed E-state index contributed by atoms with van der Waals surface area (Å²) in [7, 11) is 0. The minimum absolute atomic E-state index is 0.147. The summed E-state index contributed by atoms with van der Waals surface area (Å²) in [4.78, 5) is 0. The van der Waals surface area contributed by atoms with Crippen molar-refractivity contribution in [3.05, 3.63) is 83.1 Å². The molecule has 1 heterocycles. The normalized spacial score (nSPS) is 17.2. The second-order valence-electron chi connectivity index (χ2n) is 5.23. The van der Waals surface area contributed by atoms with Crippen molar-refractivity contribution >= 4 is 6.21 Å². The van der Waals surface area contributed by atoms with E-state index in [-0.39, 0.29) is 6.04 Å². The Morgan fingerprint density at radius 3 is 2.57 bits per heavy atom. The Bertz CT molecular complexity index is 668. The largest absolute Gasteiger partial charge is 0.261 e. The number of nitrogens with zero attached hydrogens (tertiary/aromatic N) is 2. The van der Waals surface area contributed by atoms with Crippen LogP contribution in [0.1, 0.15) is 42.1 Å². The number of allylic oxidation sites excluding steroid dienone is 1. The topological polar surface area (TPSA) is 15.6 Å². The number of fused-ring (bicyclic) bond motifs is 1. The van der Waals surface area contributed by atoms with E-state index in [1.807, 2.05) is 30.4 Å². The van der Waals surface area contributed by atoms with Crippen LogP contribution in [0.4, 0.5) is 0 Å². The lowest BCUT2D eigenvalue weighted by Gasteiger charge is -2.31. The predicted molar refractivity (Wildman–Crippen MR) is 88.4 cm³/mol. The van der Waals surface area contributed by atoms with Crippen LogP contribution >= 0.6 is 0 Å². The van der Waals surface area contributed by atoms with Gasteiger partial charge >= 0.3 is 0 Å². The highest BCUT2D eigenvalue weighted by Crippen LogP contribution is 2.33. The Morgan fingerprint density at radius 1 is 1.10 bits per heavy atom. The fourth-order valence-corrected chi connectivity index (χ4v) is 2.76. The van der Waals surface area contributed by atoms with Crippen molar-refractivity contribution in [2.75, 3.05) is 0 Å². The Morgan fingerprint density at radius 2 is 1.86 bits per heavy atom. The van der Waals surface area contributed by atoms with Gasteiger partial charge in [0.25, 0.3) is 0 Å². The highest BCUT2D eigenvalue weighted by atomic mass is 15.5. The van der Waals surface area contributed by atoms with Gasteiger partial charge in [0, 0.05) is 11.8 Å². The summed E-state index contributed by atoms with van der Waals surface area (Å²) >= 11 is 0. The van der Waals surface area contributed by atoms with Crippen molar-refractivity contribution in [2.45, 2.75) is 26.3 Å². The summed E-state index contributed by atoms with van der Waals surface area (Å²) in [5.41, 5.74) is 5.14. The number of hydrogen-bond donors (Lipinski definition) is 0. The van der Waals surface area contributed by atoms with Crippen LogP contribution in [0.25, 0.3) is 0 Å². The third kappa shape index (κ3) is 2.62. The van der Waals surface area contributed by atoms with Crippen LogP contribution in [0.5, 0.6) is 0 Å². The number of aryl methyl sites for hydroxylation is 1. The monoisotopic (exact) mass is 276 g/mol. The smallest absolute Gasteiger partial charge is 0.102 e. The zero-order valence-electron chi connectivity index (χ0n) is 12.5. The lowest BCUT2D eigenvalue weighted by molar-refractivity contribution is 0.330. The highest BCUT2D eigenvalue weighted by molar-refractivity contribution is 5.83. The predicted octanol–water partition coefficient (Wildman–Crippen LogP) is 4.52. The fourth-order valence-electron chi connectivity index (χ4n) is 2.76. The van der Waals surface area contributed by atoms with E-state index in [0.29, 0.717) is 0 Å². The number of hydrazone groups is 1. The number of rotatable bonds is 3. The molecule has 0 aliphatic carbocycles. The molecule has 3 rings (SSSR count). The second-order valence-corrected chi connectivity index (χ2v) is 5.23. The minimum Gasteiger partial charge on any atom is -0.261 e. The molecule has 0 N–H and O–H groups in total. The average Bonchev–Trinajstić information content (AvgIpc) is 2.55.